The SMILES string of the molecule is CC(C)N(CCO)C(=O)N[C@H](CO)C(=O)O. The molecule has 0 spiro atoms. The summed E-state index contributed by atoms with van der Waals surface area (Å²) in [5.74, 6) is -1.30. The number of aliphatic hydroxyl groups is 2. The molecule has 0 saturated carbocycles. The molecule has 0 saturated heterocycles. The molecule has 0 heterocycles. The Hall–Kier alpha value is -1.34. The van der Waals surface area contributed by atoms with Crippen molar-refractivity contribution in [2.45, 2.75) is 25.9 Å². The third-order valence-corrected chi connectivity index (χ3v) is 2.00. The summed E-state index contributed by atoms with van der Waals surface area (Å²) in [4.78, 5) is 23.4. The van der Waals surface area contributed by atoms with Crippen LogP contribution in [0.15, 0.2) is 0 Å². The summed E-state index contributed by atoms with van der Waals surface area (Å²) < 4.78 is 0. The van der Waals surface area contributed by atoms with Crippen LogP contribution in [0.1, 0.15) is 13.8 Å². The number of amides is 2. The average molecular weight is 234 g/mol. The van der Waals surface area contributed by atoms with Crippen molar-refractivity contribution in [1.29, 1.82) is 0 Å². The lowest BCUT2D eigenvalue weighted by atomic mass is 10.3. The minimum Gasteiger partial charge on any atom is -0.480 e. The highest BCUT2D eigenvalue weighted by molar-refractivity contribution is 5.82. The molecule has 0 aromatic rings. The second kappa shape index (κ2) is 7.02. The number of urea groups is 1. The highest BCUT2D eigenvalue weighted by atomic mass is 16.4. The fourth-order valence-electron chi connectivity index (χ4n) is 1.12. The average Bonchev–Trinajstić information content (AvgIpc) is 2.21. The maximum absolute atomic E-state index is 11.6. The number of aliphatic hydroxyl groups excluding tert-OH is 2. The molecule has 7 nitrogen and oxygen atoms in total. The van der Waals surface area contributed by atoms with Crippen molar-refractivity contribution in [2.24, 2.45) is 0 Å². The van der Waals surface area contributed by atoms with Crippen LogP contribution in [0.4, 0.5) is 4.79 Å². The number of hydrogen-bond acceptors (Lipinski definition) is 4. The van der Waals surface area contributed by atoms with Gasteiger partial charge in [-0.15, -0.1) is 0 Å². The van der Waals surface area contributed by atoms with E-state index in [0.29, 0.717) is 0 Å². The van der Waals surface area contributed by atoms with Gasteiger partial charge in [0.1, 0.15) is 0 Å². The standard InChI is InChI=1S/C9H18N2O5/c1-6(2)11(3-4-12)9(16)10-7(5-13)8(14)15/h6-7,12-13H,3-5H2,1-2H3,(H,10,16)(H,14,15)/t7-/m1/s1. The molecule has 16 heavy (non-hydrogen) atoms. The second-order valence-electron chi connectivity index (χ2n) is 3.53. The lowest BCUT2D eigenvalue weighted by Gasteiger charge is -2.27. The maximum Gasteiger partial charge on any atom is 0.328 e. The van der Waals surface area contributed by atoms with E-state index in [1.54, 1.807) is 13.8 Å². The lowest BCUT2D eigenvalue weighted by Crippen LogP contribution is -2.52. The Bertz CT molecular complexity index is 244. The van der Waals surface area contributed by atoms with Crippen LogP contribution in [-0.4, -0.2) is 64.1 Å². The van der Waals surface area contributed by atoms with Crippen LogP contribution in [-0.2, 0) is 4.79 Å². The molecular weight excluding hydrogens is 216 g/mol. The number of nitrogens with one attached hydrogen (secondary N) is 1. The molecule has 0 rings (SSSR count). The van der Waals surface area contributed by atoms with Gasteiger partial charge in [0.05, 0.1) is 13.2 Å². The van der Waals surface area contributed by atoms with Gasteiger partial charge in [-0.2, -0.15) is 0 Å². The Morgan fingerprint density at radius 3 is 2.19 bits per heavy atom. The third kappa shape index (κ3) is 4.45. The van der Waals surface area contributed by atoms with Crippen LogP contribution >= 0.6 is 0 Å². The molecule has 0 aliphatic rings. The Morgan fingerprint density at radius 2 is 1.88 bits per heavy atom. The molecule has 0 aromatic heterocycles. The molecule has 7 heteroatoms. The first-order valence-corrected chi connectivity index (χ1v) is 4.95. The molecule has 0 bridgehead atoms. The van der Waals surface area contributed by atoms with E-state index < -0.39 is 24.6 Å². The Balaban J connectivity index is 4.44. The Kier molecular flexibility index (Phi) is 6.43. The molecule has 0 aromatic carbocycles. The van der Waals surface area contributed by atoms with Gasteiger partial charge < -0.3 is 25.5 Å². The van der Waals surface area contributed by atoms with Crippen molar-refractivity contribution >= 4 is 12.0 Å². The summed E-state index contributed by atoms with van der Waals surface area (Å²) in [7, 11) is 0. The summed E-state index contributed by atoms with van der Waals surface area (Å²) in [6, 6.07) is -2.11. The number of carbonyl (C=O) groups is 2. The van der Waals surface area contributed by atoms with Gasteiger partial charge in [0.15, 0.2) is 6.04 Å². The van der Waals surface area contributed by atoms with E-state index in [1.807, 2.05) is 0 Å². The van der Waals surface area contributed by atoms with E-state index in [4.69, 9.17) is 15.3 Å². The quantitative estimate of drug-likeness (QED) is 0.463. The van der Waals surface area contributed by atoms with Crippen LogP contribution in [0.3, 0.4) is 0 Å². The number of nitrogens with zero attached hydrogens (tertiary/aromatic N) is 1. The normalized spacial score (nSPS) is 12.3. The van der Waals surface area contributed by atoms with Crippen molar-refractivity contribution in [3.8, 4) is 0 Å². The molecule has 0 aliphatic heterocycles. The van der Waals surface area contributed by atoms with E-state index in [-0.39, 0.29) is 19.2 Å². The monoisotopic (exact) mass is 234 g/mol. The number of carboxylic acid groups (broad SMARTS) is 1. The first-order chi connectivity index (χ1) is 7.43. The largest absolute Gasteiger partial charge is 0.480 e. The van der Waals surface area contributed by atoms with Gasteiger partial charge in [0, 0.05) is 12.6 Å². The van der Waals surface area contributed by atoms with Gasteiger partial charge in [-0.05, 0) is 13.8 Å². The van der Waals surface area contributed by atoms with Crippen molar-refractivity contribution < 1.29 is 24.9 Å². The number of rotatable bonds is 6. The van der Waals surface area contributed by atoms with E-state index in [9.17, 15) is 9.59 Å². The summed E-state index contributed by atoms with van der Waals surface area (Å²) in [5.41, 5.74) is 0. The van der Waals surface area contributed by atoms with E-state index in [0.717, 1.165) is 0 Å². The van der Waals surface area contributed by atoms with Gasteiger partial charge in [0.25, 0.3) is 0 Å². The van der Waals surface area contributed by atoms with Crippen LogP contribution in [0, 0.1) is 0 Å². The minimum atomic E-state index is -1.33. The Labute approximate surface area is 93.7 Å². The van der Waals surface area contributed by atoms with Gasteiger partial charge in [-0.1, -0.05) is 0 Å². The van der Waals surface area contributed by atoms with Crippen molar-refractivity contribution in [2.75, 3.05) is 19.8 Å². The maximum atomic E-state index is 11.6. The van der Waals surface area contributed by atoms with Gasteiger partial charge in [0.2, 0.25) is 0 Å². The second-order valence-corrected chi connectivity index (χ2v) is 3.53. The first kappa shape index (κ1) is 14.7. The molecule has 0 unspecified atom stereocenters. The number of carboxylic acids is 1. The fraction of sp³-hybridized carbons (Fsp3) is 0.778. The summed E-state index contributed by atoms with van der Waals surface area (Å²) in [6.07, 6.45) is 0. The van der Waals surface area contributed by atoms with Crippen molar-refractivity contribution in [1.82, 2.24) is 10.2 Å². The smallest absolute Gasteiger partial charge is 0.328 e. The van der Waals surface area contributed by atoms with Crippen molar-refractivity contribution in [3.05, 3.63) is 0 Å². The Morgan fingerprint density at radius 1 is 1.31 bits per heavy atom. The molecule has 4 N–H and O–H groups in total. The molecule has 0 aliphatic carbocycles. The number of aliphatic carboxylic acids is 1. The number of hydrogen-bond donors (Lipinski definition) is 4. The van der Waals surface area contributed by atoms with Crippen LogP contribution < -0.4 is 5.32 Å². The molecule has 0 fully saturated rings. The zero-order chi connectivity index (χ0) is 12.7. The van der Waals surface area contributed by atoms with Crippen LogP contribution in [0.2, 0.25) is 0 Å². The molecule has 2 amide bonds. The van der Waals surface area contributed by atoms with Crippen LogP contribution in [0.5, 0.6) is 0 Å². The summed E-state index contributed by atoms with van der Waals surface area (Å²) >= 11 is 0. The predicted molar refractivity (Wildman–Crippen MR) is 56.0 cm³/mol. The van der Waals surface area contributed by atoms with Gasteiger partial charge >= 0.3 is 12.0 Å². The van der Waals surface area contributed by atoms with E-state index in [2.05, 4.69) is 5.32 Å². The van der Waals surface area contributed by atoms with Crippen molar-refractivity contribution in [3.63, 3.8) is 0 Å². The molecular formula is C9H18N2O5. The topological polar surface area (TPSA) is 110 Å². The minimum absolute atomic E-state index is 0.112. The zero-order valence-corrected chi connectivity index (χ0v) is 9.38. The highest BCUT2D eigenvalue weighted by Gasteiger charge is 2.23. The number of carbonyl (C=O) groups excluding carboxylic acids is 1. The lowest BCUT2D eigenvalue weighted by molar-refractivity contribution is -0.140. The van der Waals surface area contributed by atoms with Gasteiger partial charge in [-0.25, -0.2) is 9.59 Å². The third-order valence-electron chi connectivity index (χ3n) is 2.00. The highest BCUT2D eigenvalue weighted by Crippen LogP contribution is 1.99. The first-order valence-electron chi connectivity index (χ1n) is 4.95. The van der Waals surface area contributed by atoms with Crippen LogP contribution in [0.25, 0.3) is 0 Å². The van der Waals surface area contributed by atoms with E-state index in [1.165, 1.54) is 4.90 Å². The fourth-order valence-corrected chi connectivity index (χ4v) is 1.12. The van der Waals surface area contributed by atoms with E-state index >= 15 is 0 Å². The predicted octanol–water partition coefficient (Wildman–Crippen LogP) is -1.16. The van der Waals surface area contributed by atoms with Gasteiger partial charge in [-0.3, -0.25) is 0 Å². The summed E-state index contributed by atoms with van der Waals surface area (Å²) in [6.45, 7) is 2.71. The molecule has 1 atom stereocenters. The molecule has 94 valence electrons. The molecule has 0 radical (unpaired) electrons. The zero-order valence-electron chi connectivity index (χ0n) is 9.38. The summed E-state index contributed by atoms with van der Waals surface area (Å²) in [5, 5.41) is 28.3.